The van der Waals surface area contributed by atoms with E-state index in [9.17, 15) is 0 Å². The van der Waals surface area contributed by atoms with Crippen molar-refractivity contribution in [3.63, 3.8) is 0 Å². The van der Waals surface area contributed by atoms with Crippen LogP contribution in [0.1, 0.15) is 30.1 Å². The fourth-order valence-electron chi connectivity index (χ4n) is 2.20. The topological polar surface area (TPSA) is 28.2 Å². The van der Waals surface area contributed by atoms with Gasteiger partial charge in [-0.15, -0.1) is 11.3 Å². The van der Waals surface area contributed by atoms with E-state index < -0.39 is 0 Å². The summed E-state index contributed by atoms with van der Waals surface area (Å²) in [4.78, 5) is 7.00. The van der Waals surface area contributed by atoms with Crippen molar-refractivity contribution in [3.8, 4) is 0 Å². The number of aromatic nitrogens is 1. The maximum absolute atomic E-state index is 4.70. The van der Waals surface area contributed by atoms with Crippen LogP contribution in [-0.4, -0.2) is 23.5 Å². The lowest BCUT2D eigenvalue weighted by molar-refractivity contribution is 0.315. The Morgan fingerprint density at radius 3 is 2.67 bits per heavy atom. The van der Waals surface area contributed by atoms with Gasteiger partial charge in [0.1, 0.15) is 5.01 Å². The van der Waals surface area contributed by atoms with Crippen LogP contribution in [0.4, 0.5) is 0 Å². The van der Waals surface area contributed by atoms with Gasteiger partial charge in [-0.05, 0) is 25.1 Å². The van der Waals surface area contributed by atoms with E-state index in [4.69, 9.17) is 4.98 Å². The first-order valence-electron chi connectivity index (χ1n) is 7.50. The number of rotatable bonds is 8. The predicted octanol–water partition coefficient (Wildman–Crippen LogP) is 3.52. The van der Waals surface area contributed by atoms with Gasteiger partial charge in [0.25, 0.3) is 0 Å². The van der Waals surface area contributed by atoms with Crippen LogP contribution in [0, 0.1) is 5.92 Å². The molecule has 0 aliphatic heterocycles. The third-order valence-corrected chi connectivity index (χ3v) is 4.05. The molecule has 21 heavy (non-hydrogen) atoms. The molecule has 1 N–H and O–H groups in total. The van der Waals surface area contributed by atoms with Crippen molar-refractivity contribution in [2.75, 3.05) is 13.6 Å². The first-order valence-corrected chi connectivity index (χ1v) is 8.38. The number of benzene rings is 1. The third kappa shape index (κ3) is 5.96. The zero-order valence-electron chi connectivity index (χ0n) is 13.2. The quantitative estimate of drug-likeness (QED) is 0.809. The Bertz CT molecular complexity index is 522. The van der Waals surface area contributed by atoms with E-state index >= 15 is 0 Å². The summed E-state index contributed by atoms with van der Waals surface area (Å²) >= 11 is 1.75. The van der Waals surface area contributed by atoms with Crippen LogP contribution in [0.2, 0.25) is 0 Å². The molecule has 2 aromatic rings. The van der Waals surface area contributed by atoms with Crippen molar-refractivity contribution >= 4 is 11.3 Å². The van der Waals surface area contributed by atoms with Gasteiger partial charge in [-0.3, -0.25) is 4.90 Å². The van der Waals surface area contributed by atoms with Gasteiger partial charge >= 0.3 is 0 Å². The van der Waals surface area contributed by atoms with E-state index in [0.29, 0.717) is 5.92 Å². The van der Waals surface area contributed by atoms with Crippen LogP contribution in [-0.2, 0) is 19.6 Å². The fraction of sp³-hybridized carbons (Fsp3) is 0.471. The highest BCUT2D eigenvalue weighted by atomic mass is 32.1. The third-order valence-electron chi connectivity index (χ3n) is 3.16. The summed E-state index contributed by atoms with van der Waals surface area (Å²) in [5, 5.41) is 6.80. The number of hydrogen-bond acceptors (Lipinski definition) is 4. The molecule has 0 fully saturated rings. The van der Waals surface area contributed by atoms with E-state index in [0.717, 1.165) is 26.2 Å². The molecule has 0 atom stereocenters. The van der Waals surface area contributed by atoms with Gasteiger partial charge in [-0.2, -0.15) is 0 Å². The highest BCUT2D eigenvalue weighted by Gasteiger charge is 2.06. The van der Waals surface area contributed by atoms with E-state index in [1.807, 2.05) is 0 Å². The summed E-state index contributed by atoms with van der Waals surface area (Å²) in [7, 11) is 2.14. The molecule has 0 saturated heterocycles. The molecule has 0 bridgehead atoms. The first kappa shape index (κ1) is 16.1. The monoisotopic (exact) mass is 303 g/mol. The molecule has 1 heterocycles. The molecule has 0 radical (unpaired) electrons. The van der Waals surface area contributed by atoms with Crippen LogP contribution in [0.15, 0.2) is 35.7 Å². The van der Waals surface area contributed by atoms with Gasteiger partial charge in [-0.1, -0.05) is 44.2 Å². The highest BCUT2D eigenvalue weighted by molar-refractivity contribution is 7.09. The van der Waals surface area contributed by atoms with Gasteiger partial charge in [0.15, 0.2) is 0 Å². The molecule has 4 heteroatoms. The second kappa shape index (κ2) is 8.27. The lowest BCUT2D eigenvalue weighted by atomic mass is 10.2. The summed E-state index contributed by atoms with van der Waals surface area (Å²) < 4.78 is 0. The predicted molar refractivity (Wildman–Crippen MR) is 90.3 cm³/mol. The van der Waals surface area contributed by atoms with Crippen LogP contribution in [0.25, 0.3) is 0 Å². The smallest absolute Gasteiger partial charge is 0.107 e. The van der Waals surface area contributed by atoms with Crippen molar-refractivity contribution in [3.05, 3.63) is 52.0 Å². The summed E-state index contributed by atoms with van der Waals surface area (Å²) in [6.07, 6.45) is 0. The molecule has 0 aliphatic rings. The van der Waals surface area contributed by atoms with E-state index in [1.165, 1.54) is 16.3 Å². The van der Waals surface area contributed by atoms with Crippen molar-refractivity contribution in [1.82, 2.24) is 15.2 Å². The molecule has 1 aromatic heterocycles. The second-order valence-electron chi connectivity index (χ2n) is 5.92. The average molecular weight is 303 g/mol. The van der Waals surface area contributed by atoms with E-state index in [2.05, 4.69) is 66.8 Å². The van der Waals surface area contributed by atoms with Gasteiger partial charge in [0.05, 0.1) is 5.69 Å². The molecule has 0 aliphatic carbocycles. The highest BCUT2D eigenvalue weighted by Crippen LogP contribution is 2.13. The molecule has 0 amide bonds. The van der Waals surface area contributed by atoms with Gasteiger partial charge < -0.3 is 5.32 Å². The fourth-order valence-corrected chi connectivity index (χ4v) is 2.95. The Kier molecular flexibility index (Phi) is 6.36. The zero-order chi connectivity index (χ0) is 15.1. The van der Waals surface area contributed by atoms with Gasteiger partial charge in [0, 0.05) is 25.0 Å². The largest absolute Gasteiger partial charge is 0.310 e. The van der Waals surface area contributed by atoms with E-state index in [-0.39, 0.29) is 0 Å². The maximum atomic E-state index is 4.70. The van der Waals surface area contributed by atoms with Crippen LogP contribution in [0.3, 0.4) is 0 Å². The Balaban J connectivity index is 1.79. The zero-order valence-corrected chi connectivity index (χ0v) is 14.0. The van der Waals surface area contributed by atoms with Crippen LogP contribution in [0.5, 0.6) is 0 Å². The number of nitrogens with zero attached hydrogens (tertiary/aromatic N) is 2. The van der Waals surface area contributed by atoms with Crippen molar-refractivity contribution < 1.29 is 0 Å². The molecule has 2 rings (SSSR count). The summed E-state index contributed by atoms with van der Waals surface area (Å²) in [5.41, 5.74) is 2.51. The van der Waals surface area contributed by atoms with Crippen molar-refractivity contribution in [2.24, 2.45) is 5.92 Å². The normalized spacial score (nSPS) is 11.5. The minimum atomic E-state index is 0.682. The molecular formula is C17H25N3S. The molecule has 1 aromatic carbocycles. The minimum Gasteiger partial charge on any atom is -0.310 e. The minimum absolute atomic E-state index is 0.682. The molecule has 0 saturated carbocycles. The van der Waals surface area contributed by atoms with Crippen LogP contribution >= 0.6 is 11.3 Å². The maximum Gasteiger partial charge on any atom is 0.107 e. The second-order valence-corrected chi connectivity index (χ2v) is 6.86. The molecule has 0 unspecified atom stereocenters. The van der Waals surface area contributed by atoms with Gasteiger partial charge in [-0.25, -0.2) is 4.98 Å². The Labute approximate surface area is 132 Å². The number of nitrogens with one attached hydrogen (secondary N) is 1. The summed E-state index contributed by atoms with van der Waals surface area (Å²) in [6, 6.07) is 10.6. The Hall–Kier alpha value is -1.23. The molecular weight excluding hydrogens is 278 g/mol. The number of thiazole rings is 1. The van der Waals surface area contributed by atoms with Gasteiger partial charge in [0.2, 0.25) is 0 Å². The molecule has 114 valence electrons. The number of hydrogen-bond donors (Lipinski definition) is 1. The molecule has 0 spiro atoms. The SMILES string of the molecule is CC(C)CNCc1nc(CN(C)Cc2ccccc2)cs1. The average Bonchev–Trinajstić information content (AvgIpc) is 2.86. The lowest BCUT2D eigenvalue weighted by Crippen LogP contribution is -2.19. The summed E-state index contributed by atoms with van der Waals surface area (Å²) in [6.45, 7) is 8.22. The van der Waals surface area contributed by atoms with Crippen molar-refractivity contribution in [2.45, 2.75) is 33.5 Å². The Morgan fingerprint density at radius 1 is 1.19 bits per heavy atom. The lowest BCUT2D eigenvalue weighted by Gasteiger charge is -2.15. The first-order chi connectivity index (χ1) is 10.1. The van der Waals surface area contributed by atoms with Crippen LogP contribution < -0.4 is 5.32 Å². The van der Waals surface area contributed by atoms with Crippen molar-refractivity contribution in [1.29, 1.82) is 0 Å². The molecule has 3 nitrogen and oxygen atoms in total. The standard InChI is InChI=1S/C17H25N3S/c1-14(2)9-18-10-17-19-16(13-21-17)12-20(3)11-15-7-5-4-6-8-15/h4-8,13-14,18H,9-12H2,1-3H3. The Morgan fingerprint density at radius 2 is 1.95 bits per heavy atom. The van der Waals surface area contributed by atoms with E-state index in [1.54, 1.807) is 11.3 Å². The summed E-state index contributed by atoms with van der Waals surface area (Å²) in [5.74, 6) is 0.682.